The van der Waals surface area contributed by atoms with Crippen LogP contribution in [0.4, 0.5) is 0 Å². The van der Waals surface area contributed by atoms with E-state index >= 15 is 0 Å². The second kappa shape index (κ2) is 12.4. The number of nitrogens with one attached hydrogen (secondary N) is 3. The molecule has 0 aliphatic heterocycles. The fourth-order valence-corrected chi connectivity index (χ4v) is 2.52. The zero-order valence-electron chi connectivity index (χ0n) is 18.1. The van der Waals surface area contributed by atoms with Crippen LogP contribution in [0.2, 0.25) is 0 Å². The molecule has 0 spiro atoms. The van der Waals surface area contributed by atoms with Gasteiger partial charge in [0, 0.05) is 0 Å². The van der Waals surface area contributed by atoms with E-state index in [1.807, 2.05) is 6.92 Å². The van der Waals surface area contributed by atoms with Gasteiger partial charge < -0.3 is 31.9 Å². The Balaban J connectivity index is 5.21. The summed E-state index contributed by atoms with van der Waals surface area (Å²) in [4.78, 5) is 48.6. The molecule has 0 radical (unpaired) electrons. The summed E-state index contributed by atoms with van der Waals surface area (Å²) < 4.78 is 0. The number of carbonyl (C=O) groups is 4. The number of nitrogens with two attached hydrogens (primary N) is 1. The molecule has 0 heterocycles. The van der Waals surface area contributed by atoms with E-state index in [1.54, 1.807) is 34.6 Å². The molecule has 0 aromatic rings. The highest BCUT2D eigenvalue weighted by atomic mass is 16.4. The van der Waals surface area contributed by atoms with E-state index < -0.39 is 54.5 Å². The van der Waals surface area contributed by atoms with Crippen molar-refractivity contribution >= 4 is 23.7 Å². The molecule has 0 fully saturated rings. The smallest absolute Gasteiger partial charge is 0.326 e. The minimum Gasteiger partial charge on any atom is -0.480 e. The van der Waals surface area contributed by atoms with Crippen molar-refractivity contribution in [2.45, 2.75) is 72.1 Å². The van der Waals surface area contributed by atoms with E-state index in [4.69, 9.17) is 5.73 Å². The molecule has 10 heteroatoms. The van der Waals surface area contributed by atoms with E-state index in [0.717, 1.165) is 0 Å². The van der Waals surface area contributed by atoms with Crippen LogP contribution in [0.1, 0.15) is 48.0 Å². The maximum Gasteiger partial charge on any atom is 0.326 e. The van der Waals surface area contributed by atoms with Crippen molar-refractivity contribution in [3.05, 3.63) is 0 Å². The molecule has 0 aromatic carbocycles. The van der Waals surface area contributed by atoms with Crippen LogP contribution in [0.5, 0.6) is 0 Å². The minimum atomic E-state index is -1.29. The van der Waals surface area contributed by atoms with Crippen molar-refractivity contribution < 1.29 is 29.4 Å². The Labute approximate surface area is 172 Å². The first-order valence-electron chi connectivity index (χ1n) is 9.87. The summed E-state index contributed by atoms with van der Waals surface area (Å²) in [6.45, 7) is 9.66. The minimum absolute atomic E-state index is 0.115. The lowest BCUT2D eigenvalue weighted by Crippen LogP contribution is -2.60. The summed E-state index contributed by atoms with van der Waals surface area (Å²) in [5.41, 5.74) is 5.84. The molecule has 168 valence electrons. The zero-order chi connectivity index (χ0) is 22.9. The number of aliphatic carboxylic acids is 1. The van der Waals surface area contributed by atoms with Crippen molar-refractivity contribution in [1.82, 2.24) is 16.0 Å². The third-order valence-electron chi connectivity index (χ3n) is 4.85. The molecular weight excluding hydrogens is 380 g/mol. The molecule has 3 amide bonds. The van der Waals surface area contributed by atoms with Gasteiger partial charge in [-0.05, 0) is 17.8 Å². The van der Waals surface area contributed by atoms with Crippen molar-refractivity contribution in [1.29, 1.82) is 0 Å². The molecule has 0 bridgehead atoms. The van der Waals surface area contributed by atoms with Crippen LogP contribution in [0, 0.1) is 17.8 Å². The first-order chi connectivity index (χ1) is 13.4. The molecule has 0 aromatic heterocycles. The predicted octanol–water partition coefficient (Wildman–Crippen LogP) is -0.797. The maximum absolute atomic E-state index is 12.6. The van der Waals surface area contributed by atoms with Gasteiger partial charge in [0.2, 0.25) is 17.7 Å². The number of carboxylic acid groups (broad SMARTS) is 1. The van der Waals surface area contributed by atoms with Crippen molar-refractivity contribution in [2.75, 3.05) is 6.61 Å². The summed E-state index contributed by atoms with van der Waals surface area (Å²) in [6.07, 6.45) is 0.667. The Morgan fingerprint density at radius 3 is 1.69 bits per heavy atom. The van der Waals surface area contributed by atoms with Crippen LogP contribution in [-0.2, 0) is 19.2 Å². The molecule has 0 saturated carbocycles. The molecule has 0 rings (SSSR count). The van der Waals surface area contributed by atoms with Gasteiger partial charge in [0.1, 0.15) is 18.1 Å². The highest BCUT2D eigenvalue weighted by Crippen LogP contribution is 2.08. The quantitative estimate of drug-likeness (QED) is 0.242. The van der Waals surface area contributed by atoms with Crippen LogP contribution in [0.25, 0.3) is 0 Å². The highest BCUT2D eigenvalue weighted by Gasteiger charge is 2.32. The summed E-state index contributed by atoms with van der Waals surface area (Å²) in [5.74, 6) is -4.01. The van der Waals surface area contributed by atoms with Crippen LogP contribution in [-0.4, -0.2) is 64.7 Å². The molecule has 5 atom stereocenters. The maximum atomic E-state index is 12.6. The molecular formula is C19H36N4O6. The first kappa shape index (κ1) is 26.8. The van der Waals surface area contributed by atoms with Gasteiger partial charge in [-0.1, -0.05) is 48.0 Å². The standard InChI is InChI=1S/C19H36N4O6/c1-7-11(6)13(20)17(26)21-12(8-24)16(25)22-14(9(2)3)18(27)23-15(10(4)5)19(28)29/h9-15,24H,7-8,20H2,1-6H3,(H,21,26)(H,22,25)(H,23,27)(H,28,29). The summed E-state index contributed by atoms with van der Waals surface area (Å²) in [6, 6.07) is -4.28. The Morgan fingerprint density at radius 2 is 1.31 bits per heavy atom. The number of amides is 3. The first-order valence-corrected chi connectivity index (χ1v) is 9.87. The van der Waals surface area contributed by atoms with Crippen LogP contribution >= 0.6 is 0 Å². The second-order valence-electron chi connectivity index (χ2n) is 7.95. The topological polar surface area (TPSA) is 171 Å². The van der Waals surface area contributed by atoms with Crippen molar-refractivity contribution in [3.8, 4) is 0 Å². The van der Waals surface area contributed by atoms with Gasteiger partial charge in [-0.2, -0.15) is 0 Å². The zero-order valence-corrected chi connectivity index (χ0v) is 18.1. The summed E-state index contributed by atoms with van der Waals surface area (Å²) in [7, 11) is 0. The molecule has 0 aliphatic carbocycles. The van der Waals surface area contributed by atoms with E-state index in [9.17, 15) is 29.4 Å². The average Bonchev–Trinajstić information content (AvgIpc) is 2.65. The normalized spacial score (nSPS) is 16.5. The molecule has 0 saturated heterocycles. The molecule has 7 N–H and O–H groups in total. The van der Waals surface area contributed by atoms with Gasteiger partial charge in [-0.15, -0.1) is 0 Å². The Kier molecular flexibility index (Phi) is 11.4. The van der Waals surface area contributed by atoms with Crippen LogP contribution in [0.15, 0.2) is 0 Å². The van der Waals surface area contributed by atoms with Crippen molar-refractivity contribution in [3.63, 3.8) is 0 Å². The number of hydrogen-bond acceptors (Lipinski definition) is 6. The molecule has 29 heavy (non-hydrogen) atoms. The SMILES string of the molecule is CCC(C)C(N)C(=O)NC(CO)C(=O)NC(C(=O)NC(C(=O)O)C(C)C)C(C)C. The lowest BCUT2D eigenvalue weighted by Gasteiger charge is -2.27. The number of rotatable bonds is 12. The largest absolute Gasteiger partial charge is 0.480 e. The van der Waals surface area contributed by atoms with E-state index in [0.29, 0.717) is 6.42 Å². The predicted molar refractivity (Wildman–Crippen MR) is 108 cm³/mol. The summed E-state index contributed by atoms with van der Waals surface area (Å²) >= 11 is 0. The van der Waals surface area contributed by atoms with E-state index in [2.05, 4.69) is 16.0 Å². The van der Waals surface area contributed by atoms with Crippen molar-refractivity contribution in [2.24, 2.45) is 23.5 Å². The average molecular weight is 417 g/mol. The number of carboxylic acids is 1. The van der Waals surface area contributed by atoms with Gasteiger partial charge in [-0.25, -0.2) is 4.79 Å². The number of aliphatic hydroxyl groups excluding tert-OH is 1. The van der Waals surface area contributed by atoms with Crippen LogP contribution < -0.4 is 21.7 Å². The number of carbonyl (C=O) groups excluding carboxylic acids is 3. The third-order valence-corrected chi connectivity index (χ3v) is 4.85. The molecule has 0 aliphatic rings. The monoisotopic (exact) mass is 416 g/mol. The Morgan fingerprint density at radius 1 is 0.828 bits per heavy atom. The highest BCUT2D eigenvalue weighted by molar-refractivity contribution is 5.94. The van der Waals surface area contributed by atoms with Gasteiger partial charge in [0.25, 0.3) is 0 Å². The fraction of sp³-hybridized carbons (Fsp3) is 0.789. The lowest BCUT2D eigenvalue weighted by atomic mass is 9.98. The van der Waals surface area contributed by atoms with Gasteiger partial charge in [0.15, 0.2) is 0 Å². The third kappa shape index (κ3) is 8.36. The van der Waals surface area contributed by atoms with Gasteiger partial charge in [-0.3, -0.25) is 14.4 Å². The lowest BCUT2D eigenvalue weighted by molar-refractivity contribution is -0.144. The molecule has 10 nitrogen and oxygen atoms in total. The number of hydrogen-bond donors (Lipinski definition) is 6. The van der Waals surface area contributed by atoms with Gasteiger partial charge >= 0.3 is 5.97 Å². The van der Waals surface area contributed by atoms with E-state index in [-0.39, 0.29) is 17.8 Å². The van der Waals surface area contributed by atoms with Crippen LogP contribution in [0.3, 0.4) is 0 Å². The van der Waals surface area contributed by atoms with Gasteiger partial charge in [0.05, 0.1) is 12.6 Å². The summed E-state index contributed by atoms with van der Waals surface area (Å²) in [5, 5.41) is 26.0. The fourth-order valence-electron chi connectivity index (χ4n) is 2.52. The Bertz CT molecular complexity index is 581. The molecule has 5 unspecified atom stereocenters. The Hall–Kier alpha value is -2.20. The second-order valence-corrected chi connectivity index (χ2v) is 7.95. The van der Waals surface area contributed by atoms with E-state index in [1.165, 1.54) is 0 Å². The number of aliphatic hydroxyl groups is 1.